The van der Waals surface area contributed by atoms with Gasteiger partial charge >= 0.3 is 0 Å². The lowest BCUT2D eigenvalue weighted by Gasteiger charge is -2.22. The van der Waals surface area contributed by atoms with Crippen LogP contribution in [0.25, 0.3) is 0 Å². The lowest BCUT2D eigenvalue weighted by atomic mass is 9.95. The van der Waals surface area contributed by atoms with Crippen LogP contribution in [0, 0.1) is 5.92 Å². The van der Waals surface area contributed by atoms with Gasteiger partial charge in [0.15, 0.2) is 0 Å². The normalized spacial score (nSPS) is 14.3. The average molecular weight is 268 g/mol. The molecule has 1 unspecified atom stereocenters. The fraction of sp³-hybridized carbons (Fsp3) is 0.455. The van der Waals surface area contributed by atoms with E-state index in [1.807, 2.05) is 19.9 Å². The molecule has 84 valence electrons. The molecule has 0 saturated carbocycles. The molecule has 0 radical (unpaired) electrons. The molecule has 0 aliphatic heterocycles. The number of aliphatic hydroxyl groups excluding tert-OH is 1. The smallest absolute Gasteiger partial charge is 0.216 e. The molecule has 0 aliphatic carbocycles. The zero-order chi connectivity index (χ0) is 11.6. The van der Waals surface area contributed by atoms with Gasteiger partial charge in [0.25, 0.3) is 0 Å². The monoisotopic (exact) mass is 266 g/mol. The van der Waals surface area contributed by atoms with Gasteiger partial charge in [-0.15, -0.1) is 0 Å². The Hall–Kier alpha value is 0.0500. The predicted octanol–water partition coefficient (Wildman–Crippen LogP) is 4.20. The lowest BCUT2D eigenvalue weighted by molar-refractivity contribution is 0.126. The summed E-state index contributed by atoms with van der Waals surface area (Å²) in [7, 11) is 0. The van der Waals surface area contributed by atoms with E-state index in [0.717, 1.165) is 0 Å². The summed E-state index contributed by atoms with van der Waals surface area (Å²) in [5, 5.41) is 9.97. The van der Waals surface area contributed by atoms with Gasteiger partial charge in [-0.25, -0.2) is 0 Å². The van der Waals surface area contributed by atoms with Gasteiger partial charge in [0.1, 0.15) is 0 Å². The minimum absolute atomic E-state index is 0.0819. The third-order valence-electron chi connectivity index (χ3n) is 2.22. The summed E-state index contributed by atoms with van der Waals surface area (Å²) in [4.78, 5) is 0. The minimum atomic E-state index is -1.49. The molecule has 0 amide bonds. The second kappa shape index (κ2) is 4.92. The third kappa shape index (κ3) is 3.25. The van der Waals surface area contributed by atoms with Gasteiger partial charge in [-0.05, 0) is 11.5 Å². The molecule has 1 atom stereocenters. The maximum absolute atomic E-state index is 9.97. The van der Waals surface area contributed by atoms with Gasteiger partial charge in [-0.1, -0.05) is 72.9 Å². The Balaban J connectivity index is 3.18. The highest BCUT2D eigenvalue weighted by molar-refractivity contribution is 6.66. The minimum Gasteiger partial charge on any atom is -0.388 e. The van der Waals surface area contributed by atoms with Crippen molar-refractivity contribution in [2.75, 3.05) is 0 Å². The number of hydrogen-bond acceptors (Lipinski definition) is 1. The fourth-order valence-corrected chi connectivity index (χ4v) is 1.89. The van der Waals surface area contributed by atoms with Crippen molar-refractivity contribution in [2.45, 2.75) is 23.7 Å². The quantitative estimate of drug-likeness (QED) is 0.796. The number of aliphatic hydroxyl groups is 1. The Morgan fingerprint density at radius 3 is 2.13 bits per heavy atom. The topological polar surface area (TPSA) is 20.2 Å². The fourth-order valence-electron chi connectivity index (χ4n) is 1.37. The van der Waals surface area contributed by atoms with Gasteiger partial charge in [0, 0.05) is 5.56 Å². The van der Waals surface area contributed by atoms with Crippen LogP contribution in [0.4, 0.5) is 0 Å². The highest BCUT2D eigenvalue weighted by atomic mass is 35.6. The van der Waals surface area contributed by atoms with Crippen molar-refractivity contribution in [3.8, 4) is 0 Å². The molecular weight excluding hydrogens is 254 g/mol. The molecule has 15 heavy (non-hydrogen) atoms. The third-order valence-corrected chi connectivity index (χ3v) is 2.83. The largest absolute Gasteiger partial charge is 0.388 e. The van der Waals surface area contributed by atoms with E-state index in [9.17, 15) is 5.11 Å². The summed E-state index contributed by atoms with van der Waals surface area (Å²) in [6.07, 6.45) is -0.614. The zero-order valence-electron chi connectivity index (χ0n) is 8.55. The van der Waals surface area contributed by atoms with E-state index in [2.05, 4.69) is 0 Å². The van der Waals surface area contributed by atoms with Crippen molar-refractivity contribution in [3.63, 3.8) is 0 Å². The van der Waals surface area contributed by atoms with Crippen molar-refractivity contribution < 1.29 is 5.11 Å². The van der Waals surface area contributed by atoms with Gasteiger partial charge in [-0.2, -0.15) is 0 Å². The summed E-state index contributed by atoms with van der Waals surface area (Å²) < 4.78 is -1.49. The Morgan fingerprint density at radius 1 is 1.13 bits per heavy atom. The van der Waals surface area contributed by atoms with Gasteiger partial charge < -0.3 is 5.11 Å². The van der Waals surface area contributed by atoms with Crippen LogP contribution in [0.15, 0.2) is 24.3 Å². The van der Waals surface area contributed by atoms with Gasteiger partial charge in [0.05, 0.1) is 6.10 Å². The molecule has 0 saturated heterocycles. The van der Waals surface area contributed by atoms with Crippen LogP contribution < -0.4 is 0 Å². The van der Waals surface area contributed by atoms with Gasteiger partial charge in [0.2, 0.25) is 3.79 Å². The first-order valence-electron chi connectivity index (χ1n) is 4.68. The summed E-state index contributed by atoms with van der Waals surface area (Å²) >= 11 is 17.5. The van der Waals surface area contributed by atoms with Crippen LogP contribution in [0.5, 0.6) is 0 Å². The molecule has 0 aromatic heterocycles. The van der Waals surface area contributed by atoms with Crippen molar-refractivity contribution in [1.29, 1.82) is 0 Å². The molecule has 0 bridgehead atoms. The summed E-state index contributed by atoms with van der Waals surface area (Å²) in [5.74, 6) is 0.0819. The summed E-state index contributed by atoms with van der Waals surface area (Å²) in [5.41, 5.74) is 1.21. The second-order valence-electron chi connectivity index (χ2n) is 3.77. The number of hydrogen-bond donors (Lipinski definition) is 1. The second-order valence-corrected chi connectivity index (χ2v) is 6.06. The Morgan fingerprint density at radius 2 is 1.67 bits per heavy atom. The first-order chi connectivity index (χ1) is 6.84. The first-order valence-corrected chi connectivity index (χ1v) is 5.81. The molecule has 0 heterocycles. The van der Waals surface area contributed by atoms with Crippen LogP contribution >= 0.6 is 34.8 Å². The van der Waals surface area contributed by atoms with Crippen LogP contribution in [-0.4, -0.2) is 5.11 Å². The number of alkyl halides is 3. The molecule has 1 aromatic rings. The molecule has 0 spiro atoms. The highest BCUT2D eigenvalue weighted by Crippen LogP contribution is 2.42. The predicted molar refractivity (Wildman–Crippen MR) is 65.5 cm³/mol. The molecule has 1 aromatic carbocycles. The van der Waals surface area contributed by atoms with Crippen LogP contribution in [0.1, 0.15) is 31.1 Å². The molecular formula is C11H13Cl3O. The van der Waals surface area contributed by atoms with E-state index in [1.54, 1.807) is 18.2 Å². The molecule has 0 aliphatic rings. The van der Waals surface area contributed by atoms with Gasteiger partial charge in [-0.3, -0.25) is 0 Å². The van der Waals surface area contributed by atoms with Crippen molar-refractivity contribution in [1.82, 2.24) is 0 Å². The van der Waals surface area contributed by atoms with Crippen molar-refractivity contribution >= 4 is 34.8 Å². The van der Waals surface area contributed by atoms with Crippen molar-refractivity contribution in [3.05, 3.63) is 35.4 Å². The van der Waals surface area contributed by atoms with Crippen LogP contribution in [0.2, 0.25) is 0 Å². The lowest BCUT2D eigenvalue weighted by Crippen LogP contribution is -2.12. The van der Waals surface area contributed by atoms with E-state index in [-0.39, 0.29) is 5.92 Å². The van der Waals surface area contributed by atoms with E-state index in [1.165, 1.54) is 0 Å². The number of halogens is 3. The maximum Gasteiger partial charge on any atom is 0.216 e. The van der Waals surface area contributed by atoms with E-state index in [4.69, 9.17) is 34.8 Å². The average Bonchev–Trinajstić information content (AvgIpc) is 2.15. The highest BCUT2D eigenvalue weighted by Gasteiger charge is 2.28. The standard InChI is InChI=1S/C11H13Cl3O/c1-7(2)10(15)8-5-3-4-6-9(8)11(12,13)14/h3-7,10,15H,1-2H3. The Kier molecular flexibility index (Phi) is 4.30. The SMILES string of the molecule is CC(C)C(O)c1ccccc1C(Cl)(Cl)Cl. The summed E-state index contributed by atoms with van der Waals surface area (Å²) in [6.45, 7) is 3.83. The summed E-state index contributed by atoms with van der Waals surface area (Å²) in [6, 6.07) is 7.10. The molecule has 4 heteroatoms. The molecule has 0 fully saturated rings. The Bertz CT molecular complexity index is 331. The first kappa shape index (κ1) is 13.1. The van der Waals surface area contributed by atoms with Crippen LogP contribution in [0.3, 0.4) is 0 Å². The van der Waals surface area contributed by atoms with E-state index < -0.39 is 9.90 Å². The molecule has 1 N–H and O–H groups in total. The van der Waals surface area contributed by atoms with E-state index in [0.29, 0.717) is 11.1 Å². The van der Waals surface area contributed by atoms with Crippen molar-refractivity contribution in [2.24, 2.45) is 5.92 Å². The number of rotatable bonds is 2. The van der Waals surface area contributed by atoms with Crippen LogP contribution in [-0.2, 0) is 3.79 Å². The zero-order valence-corrected chi connectivity index (χ0v) is 10.8. The Labute approximate surface area is 105 Å². The molecule has 1 rings (SSSR count). The number of benzene rings is 1. The van der Waals surface area contributed by atoms with E-state index >= 15 is 0 Å². The maximum atomic E-state index is 9.97. The molecule has 1 nitrogen and oxygen atoms in total.